The standard InChI is InChI=1S/C23H23O5P.Li/c1-25-18-13-20(26-2)22(21(14-18)27-3)23(24)29-19-11-9-17(10-12-19)28-15-16-7-5-4-6-8-16;/h4-14,29H,15H2,1-3H3;/q;+1. The Kier molecular flexibility index (Phi) is 9.27. The minimum atomic E-state index is -0.0720. The second kappa shape index (κ2) is 11.7. The van der Waals surface area contributed by atoms with Crippen LogP contribution in [-0.4, -0.2) is 26.9 Å². The van der Waals surface area contributed by atoms with Gasteiger partial charge in [0.2, 0.25) is 0 Å². The first-order chi connectivity index (χ1) is 14.1. The van der Waals surface area contributed by atoms with Gasteiger partial charge in [-0.3, -0.25) is 4.79 Å². The van der Waals surface area contributed by atoms with Crippen molar-refractivity contribution in [2.24, 2.45) is 0 Å². The van der Waals surface area contributed by atoms with Crippen LogP contribution in [0.1, 0.15) is 15.9 Å². The molecule has 0 N–H and O–H groups in total. The van der Waals surface area contributed by atoms with Crippen molar-refractivity contribution in [2.45, 2.75) is 6.61 Å². The molecule has 3 rings (SSSR count). The van der Waals surface area contributed by atoms with Crippen LogP contribution in [-0.2, 0) is 6.61 Å². The minimum Gasteiger partial charge on any atom is -0.496 e. The van der Waals surface area contributed by atoms with Gasteiger partial charge in [-0.2, -0.15) is 0 Å². The Balaban J connectivity index is 0.00000320. The maximum atomic E-state index is 12.9. The van der Waals surface area contributed by atoms with Crippen molar-refractivity contribution in [1.29, 1.82) is 0 Å². The molecule has 0 aliphatic carbocycles. The van der Waals surface area contributed by atoms with Crippen LogP contribution in [0, 0.1) is 0 Å². The van der Waals surface area contributed by atoms with Crippen molar-refractivity contribution in [1.82, 2.24) is 0 Å². The monoisotopic (exact) mass is 417 g/mol. The number of methoxy groups -OCH3 is 3. The summed E-state index contributed by atoms with van der Waals surface area (Å²) in [5.41, 5.74) is 1.45. The van der Waals surface area contributed by atoms with Gasteiger partial charge in [0.05, 0.1) is 21.3 Å². The third kappa shape index (κ3) is 6.03. The fourth-order valence-electron chi connectivity index (χ4n) is 2.80. The zero-order chi connectivity index (χ0) is 20.6. The molecule has 0 saturated heterocycles. The number of hydrogen-bond donors (Lipinski definition) is 0. The molecule has 5 nitrogen and oxygen atoms in total. The molecule has 0 aliphatic rings. The first-order valence-corrected chi connectivity index (χ1v) is 10.0. The molecular formula is C23H23LiO5P+. The minimum absolute atomic E-state index is 0. The van der Waals surface area contributed by atoms with Crippen molar-refractivity contribution in [3.63, 3.8) is 0 Å². The van der Waals surface area contributed by atoms with Crippen LogP contribution in [0.25, 0.3) is 0 Å². The molecule has 1 atom stereocenters. The quantitative estimate of drug-likeness (QED) is 0.390. The van der Waals surface area contributed by atoms with E-state index in [1.807, 2.05) is 54.6 Å². The average Bonchev–Trinajstić information content (AvgIpc) is 2.78. The van der Waals surface area contributed by atoms with Crippen molar-refractivity contribution < 1.29 is 42.6 Å². The third-order valence-electron chi connectivity index (χ3n) is 4.30. The smallest absolute Gasteiger partial charge is 0.496 e. The Morgan fingerprint density at radius 3 is 1.93 bits per heavy atom. The van der Waals surface area contributed by atoms with E-state index in [0.717, 1.165) is 16.6 Å². The van der Waals surface area contributed by atoms with Gasteiger partial charge < -0.3 is 18.9 Å². The van der Waals surface area contributed by atoms with Gasteiger partial charge in [-0.05, 0) is 31.6 Å². The number of carbonyl (C=O) groups excluding carboxylic acids is 1. The Labute approximate surface area is 190 Å². The maximum absolute atomic E-state index is 12.9. The molecule has 1 unspecified atom stereocenters. The van der Waals surface area contributed by atoms with E-state index in [9.17, 15) is 4.79 Å². The molecule has 0 aliphatic heterocycles. The summed E-state index contributed by atoms with van der Waals surface area (Å²) >= 11 is 0. The molecular weight excluding hydrogens is 394 g/mol. The summed E-state index contributed by atoms with van der Waals surface area (Å²) in [6.45, 7) is 0.502. The van der Waals surface area contributed by atoms with Crippen LogP contribution < -0.4 is 43.1 Å². The van der Waals surface area contributed by atoms with Gasteiger partial charge in [-0.15, -0.1) is 0 Å². The summed E-state index contributed by atoms with van der Waals surface area (Å²) in [4.78, 5) is 12.9. The first-order valence-electron chi connectivity index (χ1n) is 9.02. The topological polar surface area (TPSA) is 54.0 Å². The maximum Gasteiger partial charge on any atom is 1.00 e. The Bertz CT molecular complexity index is 936. The van der Waals surface area contributed by atoms with Crippen LogP contribution in [0.15, 0.2) is 66.7 Å². The van der Waals surface area contributed by atoms with E-state index in [-0.39, 0.29) is 33.0 Å². The second-order valence-corrected chi connectivity index (χ2v) is 7.44. The van der Waals surface area contributed by atoms with E-state index in [1.165, 1.54) is 14.2 Å². The molecule has 0 aromatic heterocycles. The summed E-state index contributed by atoms with van der Waals surface area (Å²) < 4.78 is 21.8. The van der Waals surface area contributed by atoms with Gasteiger partial charge in [0.25, 0.3) is 0 Å². The van der Waals surface area contributed by atoms with Crippen LogP contribution in [0.3, 0.4) is 0 Å². The van der Waals surface area contributed by atoms with E-state index in [4.69, 9.17) is 18.9 Å². The Morgan fingerprint density at radius 1 is 0.800 bits per heavy atom. The van der Waals surface area contributed by atoms with Crippen molar-refractivity contribution in [3.05, 3.63) is 77.9 Å². The molecule has 0 saturated carbocycles. The molecule has 0 amide bonds. The van der Waals surface area contributed by atoms with E-state index in [2.05, 4.69) is 0 Å². The van der Waals surface area contributed by atoms with E-state index >= 15 is 0 Å². The average molecular weight is 417 g/mol. The number of carbonyl (C=O) groups is 1. The fourth-order valence-corrected chi connectivity index (χ4v) is 3.77. The molecule has 0 fully saturated rings. The second-order valence-electron chi connectivity index (χ2n) is 6.16. The molecule has 0 bridgehead atoms. The Hall–Kier alpha value is -2.44. The van der Waals surface area contributed by atoms with Crippen LogP contribution in [0.5, 0.6) is 23.0 Å². The van der Waals surface area contributed by atoms with Gasteiger partial charge in [0.15, 0.2) is 5.52 Å². The molecule has 150 valence electrons. The normalized spacial score (nSPS) is 10.4. The number of benzene rings is 3. The molecule has 30 heavy (non-hydrogen) atoms. The molecule has 0 spiro atoms. The number of ether oxygens (including phenoxy) is 4. The predicted octanol–water partition coefficient (Wildman–Crippen LogP) is 1.44. The van der Waals surface area contributed by atoms with Crippen molar-refractivity contribution in [3.8, 4) is 23.0 Å². The van der Waals surface area contributed by atoms with Crippen molar-refractivity contribution in [2.75, 3.05) is 21.3 Å². The Morgan fingerprint density at radius 2 is 1.40 bits per heavy atom. The van der Waals surface area contributed by atoms with Gasteiger partial charge in [0.1, 0.15) is 35.2 Å². The molecule has 0 radical (unpaired) electrons. The molecule has 3 aromatic carbocycles. The largest absolute Gasteiger partial charge is 1.00 e. The third-order valence-corrected chi connectivity index (χ3v) is 5.40. The van der Waals surface area contributed by atoms with E-state index < -0.39 is 0 Å². The number of hydrogen-bond acceptors (Lipinski definition) is 5. The summed E-state index contributed by atoms with van der Waals surface area (Å²) in [7, 11) is 4.52. The zero-order valence-corrected chi connectivity index (χ0v) is 18.6. The molecule has 3 aromatic rings. The van der Waals surface area contributed by atoms with Crippen LogP contribution in [0.2, 0.25) is 0 Å². The van der Waals surface area contributed by atoms with E-state index in [0.29, 0.717) is 29.4 Å². The van der Waals surface area contributed by atoms with Gasteiger partial charge in [-0.1, -0.05) is 42.5 Å². The first kappa shape index (κ1) is 23.8. The summed E-state index contributed by atoms with van der Waals surface area (Å²) in [5.74, 6) is 2.19. The predicted molar refractivity (Wildman–Crippen MR) is 116 cm³/mol. The fraction of sp³-hybridized carbons (Fsp3) is 0.174. The summed E-state index contributed by atoms with van der Waals surface area (Å²) in [6.07, 6.45) is 0. The summed E-state index contributed by atoms with van der Waals surface area (Å²) in [6, 6.07) is 20.9. The van der Waals surface area contributed by atoms with Crippen LogP contribution >= 0.6 is 8.58 Å². The number of rotatable bonds is 9. The van der Waals surface area contributed by atoms with Gasteiger partial charge in [-0.25, -0.2) is 0 Å². The SMILES string of the molecule is COc1cc(OC)c(C(=O)Pc2ccc(OCc3ccccc3)cc2)c(OC)c1.[Li+]. The van der Waals surface area contributed by atoms with Crippen molar-refractivity contribution >= 4 is 19.4 Å². The van der Waals surface area contributed by atoms with Gasteiger partial charge in [0, 0.05) is 12.1 Å². The molecule has 0 heterocycles. The van der Waals surface area contributed by atoms with E-state index in [1.54, 1.807) is 19.2 Å². The van der Waals surface area contributed by atoms with Crippen LogP contribution in [0.4, 0.5) is 0 Å². The zero-order valence-electron chi connectivity index (χ0n) is 17.6. The summed E-state index contributed by atoms with van der Waals surface area (Å²) in [5, 5.41) is 0.905. The van der Waals surface area contributed by atoms with Gasteiger partial charge >= 0.3 is 18.9 Å². The molecule has 7 heteroatoms.